The zero-order chi connectivity index (χ0) is 15.0. The Bertz CT molecular complexity index is 401. The lowest BCUT2D eigenvalue weighted by atomic mass is 9.86. The van der Waals surface area contributed by atoms with Gasteiger partial charge in [0.1, 0.15) is 6.04 Å². The second kappa shape index (κ2) is 8.05. The summed E-state index contributed by atoms with van der Waals surface area (Å²) in [7, 11) is 0. The summed E-state index contributed by atoms with van der Waals surface area (Å²) in [5.41, 5.74) is 0.932. The molecule has 0 aromatic heterocycles. The molecule has 0 bridgehead atoms. The maximum atomic E-state index is 11.4. The molecule has 0 aliphatic rings. The fourth-order valence-electron chi connectivity index (χ4n) is 2.31. The molecule has 0 saturated heterocycles. The summed E-state index contributed by atoms with van der Waals surface area (Å²) in [6, 6.07) is 8.74. The van der Waals surface area contributed by atoms with Crippen molar-refractivity contribution in [3.8, 4) is 0 Å². The first kappa shape index (κ1) is 16.7. The van der Waals surface area contributed by atoms with Crippen molar-refractivity contribution in [1.82, 2.24) is 5.32 Å². The molecule has 0 fully saturated rings. The van der Waals surface area contributed by atoms with E-state index in [4.69, 9.17) is 0 Å². The van der Waals surface area contributed by atoms with Gasteiger partial charge in [0.25, 0.3) is 0 Å². The fraction of sp³-hybridized carbons (Fsp3) is 0.588. The van der Waals surface area contributed by atoms with Gasteiger partial charge in [-0.2, -0.15) is 0 Å². The minimum absolute atomic E-state index is 0.123. The molecule has 2 N–H and O–H groups in total. The molecule has 1 atom stereocenters. The average molecular weight is 277 g/mol. The van der Waals surface area contributed by atoms with Gasteiger partial charge in [0.2, 0.25) is 0 Å². The number of carboxylic acid groups (broad SMARTS) is 1. The highest BCUT2D eigenvalue weighted by atomic mass is 16.4. The Morgan fingerprint density at radius 2 is 1.90 bits per heavy atom. The normalized spacial score (nSPS) is 13.2. The highest BCUT2D eigenvalue weighted by Gasteiger charge is 2.23. The molecule has 0 spiro atoms. The number of unbranched alkanes of at least 4 members (excludes halogenated alkanes) is 2. The molecule has 3 heteroatoms. The van der Waals surface area contributed by atoms with Crippen molar-refractivity contribution in [2.75, 3.05) is 6.54 Å². The zero-order valence-corrected chi connectivity index (χ0v) is 12.9. The maximum Gasteiger partial charge on any atom is 0.325 e. The van der Waals surface area contributed by atoms with Gasteiger partial charge >= 0.3 is 5.97 Å². The van der Waals surface area contributed by atoms with Crippen LogP contribution in [0.5, 0.6) is 0 Å². The summed E-state index contributed by atoms with van der Waals surface area (Å²) in [5, 5.41) is 12.6. The maximum absolute atomic E-state index is 11.4. The Morgan fingerprint density at radius 3 is 2.45 bits per heavy atom. The van der Waals surface area contributed by atoms with E-state index in [0.29, 0.717) is 6.54 Å². The third-order valence-electron chi connectivity index (χ3n) is 3.62. The molecule has 0 aliphatic carbocycles. The van der Waals surface area contributed by atoms with Crippen LogP contribution in [-0.4, -0.2) is 17.6 Å². The van der Waals surface area contributed by atoms with Crippen molar-refractivity contribution >= 4 is 5.97 Å². The van der Waals surface area contributed by atoms with Crippen molar-refractivity contribution < 1.29 is 9.90 Å². The van der Waals surface area contributed by atoms with E-state index in [1.807, 2.05) is 30.3 Å². The van der Waals surface area contributed by atoms with Crippen molar-refractivity contribution in [2.24, 2.45) is 5.41 Å². The molecule has 0 heterocycles. The molecule has 20 heavy (non-hydrogen) atoms. The van der Waals surface area contributed by atoms with Crippen LogP contribution >= 0.6 is 0 Å². The summed E-state index contributed by atoms with van der Waals surface area (Å²) < 4.78 is 0. The van der Waals surface area contributed by atoms with E-state index < -0.39 is 12.0 Å². The van der Waals surface area contributed by atoms with Gasteiger partial charge in [0.05, 0.1) is 0 Å². The third-order valence-corrected chi connectivity index (χ3v) is 3.62. The average Bonchev–Trinajstić information content (AvgIpc) is 2.40. The number of carboxylic acids is 1. The van der Waals surface area contributed by atoms with Gasteiger partial charge in [-0.3, -0.25) is 4.79 Å². The lowest BCUT2D eigenvalue weighted by molar-refractivity contribution is -0.139. The van der Waals surface area contributed by atoms with Crippen LogP contribution in [0.4, 0.5) is 0 Å². The van der Waals surface area contributed by atoms with Crippen LogP contribution in [-0.2, 0) is 4.79 Å². The van der Waals surface area contributed by atoms with Gasteiger partial charge in [0.15, 0.2) is 0 Å². The molecular formula is C17H27NO2. The van der Waals surface area contributed by atoms with Crippen LogP contribution in [0, 0.1) is 5.41 Å². The van der Waals surface area contributed by atoms with Crippen LogP contribution < -0.4 is 5.32 Å². The fourth-order valence-corrected chi connectivity index (χ4v) is 2.31. The van der Waals surface area contributed by atoms with Gasteiger partial charge in [-0.15, -0.1) is 0 Å². The molecule has 1 aromatic rings. The van der Waals surface area contributed by atoms with Gasteiger partial charge < -0.3 is 10.4 Å². The van der Waals surface area contributed by atoms with Crippen molar-refractivity contribution in [3.63, 3.8) is 0 Å². The molecule has 0 amide bonds. The van der Waals surface area contributed by atoms with E-state index in [0.717, 1.165) is 12.0 Å². The Kier molecular flexibility index (Phi) is 6.73. The quantitative estimate of drug-likeness (QED) is 0.671. The van der Waals surface area contributed by atoms with Gasteiger partial charge in [-0.05, 0) is 17.4 Å². The van der Waals surface area contributed by atoms with E-state index in [2.05, 4.69) is 26.1 Å². The van der Waals surface area contributed by atoms with E-state index >= 15 is 0 Å². The first-order valence-corrected chi connectivity index (χ1v) is 7.47. The van der Waals surface area contributed by atoms with Crippen molar-refractivity contribution in [2.45, 2.75) is 52.5 Å². The van der Waals surface area contributed by atoms with Gasteiger partial charge in [-0.25, -0.2) is 0 Å². The highest BCUT2D eigenvalue weighted by molar-refractivity contribution is 5.75. The molecule has 0 radical (unpaired) electrons. The molecule has 1 aromatic carbocycles. The summed E-state index contributed by atoms with van der Waals surface area (Å²) in [5.74, 6) is -0.819. The second-order valence-electron chi connectivity index (χ2n) is 6.18. The van der Waals surface area contributed by atoms with Crippen LogP contribution in [0.2, 0.25) is 0 Å². The predicted octanol–water partition coefficient (Wildman–Crippen LogP) is 4.01. The number of aliphatic carboxylic acids is 1. The van der Waals surface area contributed by atoms with Crippen LogP contribution in [0.1, 0.15) is 58.1 Å². The second-order valence-corrected chi connectivity index (χ2v) is 6.18. The monoisotopic (exact) mass is 277 g/mol. The van der Waals surface area contributed by atoms with E-state index in [1.54, 1.807) is 0 Å². The standard InChI is InChI=1S/C17H27NO2/c1-4-5-9-12-17(2,3)13-18-15(16(19)20)14-10-7-6-8-11-14/h6-8,10-11,15,18H,4-5,9,12-13H2,1-3H3,(H,19,20). The number of benzene rings is 1. The highest BCUT2D eigenvalue weighted by Crippen LogP contribution is 2.24. The molecule has 1 unspecified atom stereocenters. The SMILES string of the molecule is CCCCCC(C)(C)CNC(C(=O)O)c1ccccc1. The van der Waals surface area contributed by atoms with E-state index in [9.17, 15) is 9.90 Å². The minimum atomic E-state index is -0.819. The number of hydrogen-bond donors (Lipinski definition) is 2. The topological polar surface area (TPSA) is 49.3 Å². The lowest BCUT2D eigenvalue weighted by Gasteiger charge is -2.27. The van der Waals surface area contributed by atoms with E-state index in [1.165, 1.54) is 19.3 Å². The van der Waals surface area contributed by atoms with Crippen molar-refractivity contribution in [3.05, 3.63) is 35.9 Å². The Labute approximate surface area is 122 Å². The van der Waals surface area contributed by atoms with Gasteiger partial charge in [-0.1, -0.05) is 70.4 Å². The first-order chi connectivity index (χ1) is 9.46. The summed E-state index contributed by atoms with van der Waals surface area (Å²) in [4.78, 5) is 11.4. The minimum Gasteiger partial charge on any atom is -0.480 e. The Balaban J connectivity index is 2.57. The summed E-state index contributed by atoms with van der Waals surface area (Å²) >= 11 is 0. The van der Waals surface area contributed by atoms with Crippen LogP contribution in [0.15, 0.2) is 30.3 Å². The number of hydrogen-bond acceptors (Lipinski definition) is 2. The first-order valence-electron chi connectivity index (χ1n) is 7.47. The number of nitrogens with one attached hydrogen (secondary N) is 1. The molecule has 112 valence electrons. The Hall–Kier alpha value is -1.35. The van der Waals surface area contributed by atoms with E-state index in [-0.39, 0.29) is 5.41 Å². The van der Waals surface area contributed by atoms with Crippen LogP contribution in [0.25, 0.3) is 0 Å². The summed E-state index contributed by atoms with van der Waals surface area (Å²) in [6.45, 7) is 7.29. The third kappa shape index (κ3) is 5.74. The molecule has 3 nitrogen and oxygen atoms in total. The predicted molar refractivity (Wildman–Crippen MR) is 82.7 cm³/mol. The van der Waals surface area contributed by atoms with Crippen LogP contribution in [0.3, 0.4) is 0 Å². The Morgan fingerprint density at radius 1 is 1.25 bits per heavy atom. The van der Waals surface area contributed by atoms with Crippen molar-refractivity contribution in [1.29, 1.82) is 0 Å². The molecule has 1 rings (SSSR count). The van der Waals surface area contributed by atoms with Gasteiger partial charge in [0, 0.05) is 6.54 Å². The lowest BCUT2D eigenvalue weighted by Crippen LogP contribution is -2.36. The number of rotatable bonds is 9. The molecule has 0 saturated carbocycles. The molecular weight excluding hydrogens is 250 g/mol. The smallest absolute Gasteiger partial charge is 0.325 e. The number of carbonyl (C=O) groups is 1. The zero-order valence-electron chi connectivity index (χ0n) is 12.9. The molecule has 0 aliphatic heterocycles. The summed E-state index contributed by atoms with van der Waals surface area (Å²) in [6.07, 6.45) is 4.78. The largest absolute Gasteiger partial charge is 0.480 e.